The van der Waals surface area contributed by atoms with E-state index in [9.17, 15) is 4.79 Å². The van der Waals surface area contributed by atoms with Gasteiger partial charge in [-0.15, -0.1) is 0 Å². The van der Waals surface area contributed by atoms with Crippen molar-refractivity contribution in [1.29, 1.82) is 0 Å². The first-order valence-corrected chi connectivity index (χ1v) is 6.33. The lowest BCUT2D eigenvalue weighted by molar-refractivity contribution is -0.154. The van der Waals surface area contributed by atoms with E-state index in [0.717, 1.165) is 24.0 Å². The van der Waals surface area contributed by atoms with Gasteiger partial charge < -0.3 is 9.47 Å². The van der Waals surface area contributed by atoms with Crippen LogP contribution in [0.2, 0.25) is 0 Å². The summed E-state index contributed by atoms with van der Waals surface area (Å²) >= 11 is 0. The Morgan fingerprint density at radius 1 is 1.28 bits per heavy atom. The number of ether oxygens (including phenoxy) is 2. The van der Waals surface area contributed by atoms with E-state index in [0.29, 0.717) is 18.8 Å². The molecule has 0 N–H and O–H groups in total. The summed E-state index contributed by atoms with van der Waals surface area (Å²) in [4.78, 5) is 11.8. The van der Waals surface area contributed by atoms with Crippen LogP contribution in [0.1, 0.15) is 31.7 Å². The third kappa shape index (κ3) is 1.85. The molecule has 2 aliphatic rings. The maximum atomic E-state index is 11.8. The largest absolute Gasteiger partial charge is 0.461 e. The van der Waals surface area contributed by atoms with Gasteiger partial charge in [-0.2, -0.15) is 0 Å². The van der Waals surface area contributed by atoms with E-state index >= 15 is 0 Å². The lowest BCUT2D eigenvalue weighted by Gasteiger charge is -2.23. The number of Topliss-reactive ketones (excluding diaryl/α,β-unsaturated/α-hetero) is 1. The van der Waals surface area contributed by atoms with Gasteiger partial charge in [0.2, 0.25) is 5.79 Å². The molecule has 0 saturated carbocycles. The van der Waals surface area contributed by atoms with Crippen molar-refractivity contribution < 1.29 is 14.3 Å². The molecule has 3 heteroatoms. The smallest absolute Gasteiger partial charge is 0.215 e. The van der Waals surface area contributed by atoms with E-state index in [-0.39, 0.29) is 5.78 Å². The van der Waals surface area contributed by atoms with Crippen molar-refractivity contribution in [2.45, 2.75) is 32.0 Å². The highest BCUT2D eigenvalue weighted by atomic mass is 16.7. The standard InChI is InChI=1S/C15H16O3/c1-11(16)13-10-15(8-5-9-17-15)18-14(13)12-6-3-2-4-7-12/h2-4,6-7H,5,8-10H2,1H3. The van der Waals surface area contributed by atoms with E-state index in [1.165, 1.54) is 0 Å². The predicted octanol–water partition coefficient (Wildman–Crippen LogP) is 2.91. The van der Waals surface area contributed by atoms with E-state index < -0.39 is 5.79 Å². The normalized spacial score (nSPS) is 26.7. The van der Waals surface area contributed by atoms with Crippen molar-refractivity contribution >= 4 is 11.5 Å². The van der Waals surface area contributed by atoms with E-state index in [2.05, 4.69) is 0 Å². The quantitative estimate of drug-likeness (QED) is 0.802. The number of benzene rings is 1. The van der Waals surface area contributed by atoms with Gasteiger partial charge in [0.05, 0.1) is 6.61 Å². The Kier molecular flexibility index (Phi) is 2.71. The fourth-order valence-electron chi connectivity index (χ4n) is 2.63. The summed E-state index contributed by atoms with van der Waals surface area (Å²) < 4.78 is 11.7. The second-order valence-electron chi connectivity index (χ2n) is 4.87. The molecule has 1 saturated heterocycles. The fourth-order valence-corrected chi connectivity index (χ4v) is 2.63. The molecule has 3 rings (SSSR count). The molecule has 0 aliphatic carbocycles. The summed E-state index contributed by atoms with van der Waals surface area (Å²) in [5, 5.41) is 0. The number of carbonyl (C=O) groups is 1. The fraction of sp³-hybridized carbons (Fsp3) is 0.400. The van der Waals surface area contributed by atoms with Crippen molar-refractivity contribution in [3.63, 3.8) is 0 Å². The topological polar surface area (TPSA) is 35.5 Å². The average molecular weight is 244 g/mol. The number of hydrogen-bond donors (Lipinski definition) is 0. The van der Waals surface area contributed by atoms with E-state index in [4.69, 9.17) is 9.47 Å². The monoisotopic (exact) mass is 244 g/mol. The summed E-state index contributed by atoms with van der Waals surface area (Å²) in [5.41, 5.74) is 1.71. The number of hydrogen-bond acceptors (Lipinski definition) is 3. The molecule has 1 unspecified atom stereocenters. The molecular formula is C15H16O3. The molecule has 1 aromatic carbocycles. The molecule has 2 heterocycles. The van der Waals surface area contributed by atoms with Gasteiger partial charge in [0.1, 0.15) is 5.76 Å². The van der Waals surface area contributed by atoms with Gasteiger partial charge in [0.15, 0.2) is 5.78 Å². The van der Waals surface area contributed by atoms with Gasteiger partial charge in [-0.1, -0.05) is 30.3 Å². The zero-order valence-electron chi connectivity index (χ0n) is 10.4. The van der Waals surface area contributed by atoms with Crippen molar-refractivity contribution in [2.24, 2.45) is 0 Å². The van der Waals surface area contributed by atoms with Gasteiger partial charge in [-0.25, -0.2) is 0 Å². The Balaban J connectivity index is 1.99. The van der Waals surface area contributed by atoms with Gasteiger partial charge in [-0.05, 0) is 13.3 Å². The van der Waals surface area contributed by atoms with Crippen LogP contribution in [0.15, 0.2) is 35.9 Å². The number of ketones is 1. The first kappa shape index (κ1) is 11.5. The van der Waals surface area contributed by atoms with Crippen LogP contribution in [0.25, 0.3) is 5.76 Å². The molecule has 1 spiro atoms. The lowest BCUT2D eigenvalue weighted by atomic mass is 10.00. The minimum absolute atomic E-state index is 0.0706. The van der Waals surface area contributed by atoms with Gasteiger partial charge >= 0.3 is 0 Å². The molecule has 18 heavy (non-hydrogen) atoms. The summed E-state index contributed by atoms with van der Waals surface area (Å²) in [5.74, 6) is 0.192. The maximum Gasteiger partial charge on any atom is 0.215 e. The van der Waals surface area contributed by atoms with Gasteiger partial charge in [0.25, 0.3) is 0 Å². The van der Waals surface area contributed by atoms with Crippen LogP contribution in [-0.4, -0.2) is 18.2 Å². The van der Waals surface area contributed by atoms with E-state index in [1.54, 1.807) is 6.92 Å². The summed E-state index contributed by atoms with van der Waals surface area (Å²) in [6.07, 6.45) is 2.43. The minimum atomic E-state index is -0.577. The molecule has 0 amide bonds. The predicted molar refractivity (Wildman–Crippen MR) is 67.7 cm³/mol. The highest BCUT2D eigenvalue weighted by Crippen LogP contribution is 2.45. The van der Waals surface area contributed by atoms with Crippen molar-refractivity contribution in [3.05, 3.63) is 41.5 Å². The third-order valence-corrected chi connectivity index (χ3v) is 3.54. The summed E-state index contributed by atoms with van der Waals surface area (Å²) in [7, 11) is 0. The van der Waals surface area contributed by atoms with Crippen molar-refractivity contribution in [1.82, 2.24) is 0 Å². The molecule has 2 aliphatic heterocycles. The van der Waals surface area contributed by atoms with Crippen molar-refractivity contribution in [2.75, 3.05) is 6.61 Å². The maximum absolute atomic E-state index is 11.8. The van der Waals surface area contributed by atoms with Crippen molar-refractivity contribution in [3.8, 4) is 0 Å². The second-order valence-corrected chi connectivity index (χ2v) is 4.87. The zero-order valence-corrected chi connectivity index (χ0v) is 10.4. The van der Waals surface area contributed by atoms with Crippen LogP contribution in [-0.2, 0) is 14.3 Å². The molecule has 1 atom stereocenters. The SMILES string of the molecule is CC(=O)C1=C(c2ccccc2)OC2(CCCO2)C1. The molecule has 0 aromatic heterocycles. The van der Waals surface area contributed by atoms with Crippen LogP contribution in [0.4, 0.5) is 0 Å². The average Bonchev–Trinajstić information content (AvgIpc) is 2.99. The summed E-state index contributed by atoms with van der Waals surface area (Å²) in [6, 6.07) is 9.78. The van der Waals surface area contributed by atoms with Crippen LogP contribution < -0.4 is 0 Å². The van der Waals surface area contributed by atoms with Gasteiger partial charge in [0, 0.05) is 24.0 Å². The third-order valence-electron chi connectivity index (χ3n) is 3.54. The van der Waals surface area contributed by atoms with Crippen LogP contribution in [0.3, 0.4) is 0 Å². The van der Waals surface area contributed by atoms with E-state index in [1.807, 2.05) is 30.3 Å². The molecule has 1 fully saturated rings. The molecular weight excluding hydrogens is 228 g/mol. The Hall–Kier alpha value is -1.61. The minimum Gasteiger partial charge on any atom is -0.461 e. The molecule has 0 bridgehead atoms. The zero-order chi connectivity index (χ0) is 12.6. The second kappa shape index (κ2) is 4.25. The first-order chi connectivity index (χ1) is 8.70. The Morgan fingerprint density at radius 3 is 2.67 bits per heavy atom. The highest BCUT2D eigenvalue weighted by Gasteiger charge is 2.45. The number of rotatable bonds is 2. The van der Waals surface area contributed by atoms with Crippen LogP contribution in [0.5, 0.6) is 0 Å². The highest BCUT2D eigenvalue weighted by molar-refractivity contribution is 6.00. The lowest BCUT2D eigenvalue weighted by Crippen LogP contribution is -2.27. The Morgan fingerprint density at radius 2 is 2.06 bits per heavy atom. The molecule has 3 nitrogen and oxygen atoms in total. The molecule has 94 valence electrons. The Labute approximate surface area is 106 Å². The molecule has 0 radical (unpaired) electrons. The first-order valence-electron chi connectivity index (χ1n) is 6.33. The molecule has 1 aromatic rings. The summed E-state index contributed by atoms with van der Waals surface area (Å²) in [6.45, 7) is 2.31. The van der Waals surface area contributed by atoms with Crippen LogP contribution in [0, 0.1) is 0 Å². The number of carbonyl (C=O) groups excluding carboxylic acids is 1. The van der Waals surface area contributed by atoms with Crippen LogP contribution >= 0.6 is 0 Å². The Bertz CT molecular complexity index is 496. The van der Waals surface area contributed by atoms with Gasteiger partial charge in [-0.3, -0.25) is 4.79 Å².